The Morgan fingerprint density at radius 3 is 1.36 bits per heavy atom. The second-order valence-corrected chi connectivity index (χ2v) is 10.9. The van der Waals surface area contributed by atoms with Gasteiger partial charge in [0.15, 0.2) is 11.6 Å². The van der Waals surface area contributed by atoms with E-state index in [4.69, 9.17) is 30.0 Å². The third-order valence-corrected chi connectivity index (χ3v) is 7.49. The Balaban J connectivity index is 0.00000529. The number of methoxy groups -OCH3 is 2. The molecule has 0 amide bonds. The number of nitrogens with two attached hydrogens (primary N) is 2. The largest absolute Gasteiger partial charge is 1.00 e. The van der Waals surface area contributed by atoms with Gasteiger partial charge in [0.25, 0.3) is 0 Å². The van der Waals surface area contributed by atoms with Crippen LogP contribution in [-0.2, 0) is 17.4 Å². The van der Waals surface area contributed by atoms with Crippen LogP contribution in [-0.4, -0.2) is 25.8 Å². The molecule has 0 saturated carbocycles. The molecule has 44 heavy (non-hydrogen) atoms. The predicted octanol–water partition coefficient (Wildman–Crippen LogP) is 2.43. The molecule has 0 spiro atoms. The molecule has 4 aromatic rings. The first-order valence-corrected chi connectivity index (χ1v) is 14.8. The van der Waals surface area contributed by atoms with E-state index < -0.39 is 7.82 Å². The van der Waals surface area contributed by atoms with Gasteiger partial charge in [0.05, 0.1) is 25.3 Å². The van der Waals surface area contributed by atoms with Gasteiger partial charge in [0, 0.05) is 36.3 Å². The van der Waals surface area contributed by atoms with Crippen LogP contribution < -0.4 is 64.4 Å². The second-order valence-electron chi connectivity index (χ2n) is 9.68. The Kier molecular flexibility index (Phi) is 12.5. The molecule has 0 radical (unpaired) electrons. The van der Waals surface area contributed by atoms with E-state index in [1.54, 1.807) is 24.3 Å². The van der Waals surface area contributed by atoms with E-state index in [-0.39, 0.29) is 88.1 Å². The van der Waals surface area contributed by atoms with E-state index in [0.717, 1.165) is 11.1 Å². The number of phosphoric ester groups is 1. The van der Waals surface area contributed by atoms with Gasteiger partial charge in [-0.15, -0.1) is 0 Å². The molecule has 0 saturated heterocycles. The average Bonchev–Trinajstić information content (AvgIpc) is 2.99. The number of phosphoric acid groups is 1. The van der Waals surface area contributed by atoms with E-state index >= 15 is 0 Å². The fraction of sp³-hybridized carbons (Fsp3) is 0.188. The number of carbonyl (C=O) groups excluding carboxylic acids is 2. The fourth-order valence-corrected chi connectivity index (χ4v) is 5.13. The monoisotopic (exact) mass is 626 g/mol. The van der Waals surface area contributed by atoms with Crippen LogP contribution in [0.4, 0.5) is 11.4 Å². The number of hydrogen-bond donors (Lipinski definition) is 2. The summed E-state index contributed by atoms with van der Waals surface area (Å²) in [6.45, 7) is 0. The average molecular weight is 627 g/mol. The zero-order valence-electron chi connectivity index (χ0n) is 24.8. The van der Waals surface area contributed by atoms with Gasteiger partial charge in [-0.2, -0.15) is 0 Å². The molecule has 4 N–H and O–H groups in total. The molecule has 224 valence electrons. The SMILES string of the molecule is COc1cc(OP(=O)([O-])Oc2ccc(C(=O)CCc3ccc(N)cc3)c(OC)c2)ccc1C(=O)CCc1ccc(N)cc1.[Na+]. The quantitative estimate of drug-likeness (QED) is 0.0920. The van der Waals surface area contributed by atoms with Crippen molar-refractivity contribution in [1.82, 2.24) is 0 Å². The first-order chi connectivity index (χ1) is 20.6. The number of rotatable bonds is 14. The number of nitrogen functional groups attached to an aromatic ring is 2. The molecule has 4 aromatic carbocycles. The number of carbonyl (C=O) groups is 2. The van der Waals surface area contributed by atoms with Crippen LogP contribution in [0.15, 0.2) is 84.9 Å². The van der Waals surface area contributed by atoms with Crippen LogP contribution in [0.3, 0.4) is 0 Å². The summed E-state index contributed by atoms with van der Waals surface area (Å²) in [5.74, 6) is -0.265. The number of benzene rings is 4. The standard InChI is InChI=1S/C32H33N2O8P.Na/c1-39-31-19-25(13-15-27(31)29(35)17-7-21-3-9-23(33)10-4-21)41-43(37,38)42-26-14-16-28(32(20-26)40-2)30(36)18-8-22-5-11-24(34)12-6-22;/h3-6,9-16,19-20H,7-8,17-18,33-34H2,1-2H3,(H,37,38);/q;+1/p-1. The van der Waals surface area contributed by atoms with Gasteiger partial charge < -0.3 is 34.9 Å². The maximum Gasteiger partial charge on any atom is 1.00 e. The van der Waals surface area contributed by atoms with E-state index in [2.05, 4.69) is 0 Å². The van der Waals surface area contributed by atoms with Crippen LogP contribution in [0.25, 0.3) is 0 Å². The number of hydrogen-bond acceptors (Lipinski definition) is 10. The van der Waals surface area contributed by atoms with Crippen LogP contribution >= 0.6 is 7.82 Å². The molecule has 12 heteroatoms. The summed E-state index contributed by atoms with van der Waals surface area (Å²) < 4.78 is 33.6. The molecular formula is C32H32N2NaO8P. The minimum Gasteiger partial charge on any atom is -0.736 e. The van der Waals surface area contributed by atoms with Gasteiger partial charge >= 0.3 is 37.4 Å². The van der Waals surface area contributed by atoms with Crippen molar-refractivity contribution in [2.24, 2.45) is 0 Å². The molecule has 0 heterocycles. The summed E-state index contributed by atoms with van der Waals surface area (Å²) in [6.07, 6.45) is 1.43. The first-order valence-electron chi connectivity index (χ1n) is 13.4. The van der Waals surface area contributed by atoms with E-state index in [0.29, 0.717) is 24.2 Å². The zero-order chi connectivity index (χ0) is 31.0. The molecule has 0 atom stereocenters. The van der Waals surface area contributed by atoms with Gasteiger partial charge in [0.1, 0.15) is 23.0 Å². The van der Waals surface area contributed by atoms with Crippen molar-refractivity contribution in [1.29, 1.82) is 0 Å². The van der Waals surface area contributed by atoms with Crippen molar-refractivity contribution in [3.8, 4) is 23.0 Å². The van der Waals surface area contributed by atoms with Gasteiger partial charge in [-0.1, -0.05) is 24.3 Å². The molecule has 0 bridgehead atoms. The van der Waals surface area contributed by atoms with Crippen molar-refractivity contribution in [3.05, 3.63) is 107 Å². The topological polar surface area (TPSA) is 163 Å². The normalized spacial score (nSPS) is 10.8. The minimum absolute atomic E-state index is 0. The second kappa shape index (κ2) is 15.8. The predicted molar refractivity (Wildman–Crippen MR) is 162 cm³/mol. The molecule has 4 rings (SSSR count). The molecule has 0 aliphatic heterocycles. The summed E-state index contributed by atoms with van der Waals surface area (Å²) in [4.78, 5) is 38.4. The van der Waals surface area contributed by atoms with Crippen molar-refractivity contribution < 1.29 is 67.1 Å². The number of anilines is 2. The number of ether oxygens (including phenoxy) is 2. The van der Waals surface area contributed by atoms with Crippen LogP contribution in [0.5, 0.6) is 23.0 Å². The Hall–Kier alpha value is -3.79. The third-order valence-electron chi connectivity index (χ3n) is 6.62. The maximum atomic E-state index is 12.8. The smallest absolute Gasteiger partial charge is 0.736 e. The van der Waals surface area contributed by atoms with Crippen LogP contribution in [0, 0.1) is 0 Å². The number of aryl methyl sites for hydroxylation is 2. The Labute approximate surface area is 278 Å². The van der Waals surface area contributed by atoms with Gasteiger partial charge in [-0.3, -0.25) is 9.59 Å². The fourth-order valence-electron chi connectivity index (χ4n) is 4.35. The van der Waals surface area contributed by atoms with Crippen molar-refractivity contribution in [2.45, 2.75) is 25.7 Å². The van der Waals surface area contributed by atoms with E-state index in [9.17, 15) is 19.0 Å². The molecule has 0 aliphatic carbocycles. The summed E-state index contributed by atoms with van der Waals surface area (Å²) >= 11 is 0. The van der Waals surface area contributed by atoms with E-state index in [1.165, 1.54) is 50.6 Å². The number of Topliss-reactive ketones (excluding diaryl/α,β-unsaturated/α-hetero) is 2. The van der Waals surface area contributed by atoms with Crippen LogP contribution in [0.2, 0.25) is 0 Å². The van der Waals surface area contributed by atoms with Gasteiger partial charge in [-0.25, -0.2) is 4.57 Å². The third kappa shape index (κ3) is 9.61. The minimum atomic E-state index is -4.94. The summed E-state index contributed by atoms with van der Waals surface area (Å²) in [5.41, 5.74) is 15.2. The molecule has 10 nitrogen and oxygen atoms in total. The first kappa shape index (κ1) is 34.7. The Bertz CT molecular complexity index is 1530. The van der Waals surface area contributed by atoms with Gasteiger partial charge in [-0.05, 0) is 72.5 Å². The summed E-state index contributed by atoms with van der Waals surface area (Å²) in [5, 5.41) is 0. The van der Waals surface area contributed by atoms with Gasteiger partial charge in [0.2, 0.25) is 0 Å². The molecule has 0 aliphatic rings. The molecule has 0 fully saturated rings. The zero-order valence-corrected chi connectivity index (χ0v) is 27.7. The maximum absolute atomic E-state index is 12.8. The molecular weight excluding hydrogens is 594 g/mol. The molecule has 0 aromatic heterocycles. The summed E-state index contributed by atoms with van der Waals surface area (Å²) in [6, 6.07) is 22.6. The van der Waals surface area contributed by atoms with Crippen molar-refractivity contribution in [2.75, 3.05) is 25.7 Å². The Morgan fingerprint density at radius 2 is 1.02 bits per heavy atom. The van der Waals surface area contributed by atoms with E-state index in [1.807, 2.05) is 24.3 Å². The Morgan fingerprint density at radius 1 is 0.659 bits per heavy atom. The summed E-state index contributed by atoms with van der Waals surface area (Å²) in [7, 11) is -2.20. The van der Waals surface area contributed by atoms with Crippen molar-refractivity contribution >= 4 is 30.8 Å². The number of ketones is 2. The molecule has 0 unspecified atom stereocenters. The van der Waals surface area contributed by atoms with Crippen molar-refractivity contribution in [3.63, 3.8) is 0 Å². The van der Waals surface area contributed by atoms with Crippen LogP contribution in [0.1, 0.15) is 44.7 Å².